The molecule has 1 amide bonds. The summed E-state index contributed by atoms with van der Waals surface area (Å²) in [6, 6.07) is 35.0. The number of ether oxygens (including phenoxy) is 2. The van der Waals surface area contributed by atoms with Gasteiger partial charge in [-0.2, -0.15) is 21.9 Å². The molecule has 0 unspecified atom stereocenters. The number of aryl methyl sites for hydroxylation is 2. The molecule has 0 spiro atoms. The van der Waals surface area contributed by atoms with Crippen LogP contribution in [0.5, 0.6) is 23.0 Å². The molecule has 0 bridgehead atoms. The van der Waals surface area contributed by atoms with Crippen LogP contribution in [0.15, 0.2) is 169 Å². The van der Waals surface area contributed by atoms with Gasteiger partial charge in [-0.15, -0.1) is 15.3 Å². The van der Waals surface area contributed by atoms with Gasteiger partial charge in [-0.1, -0.05) is 102 Å². The van der Waals surface area contributed by atoms with E-state index in [0.29, 0.717) is 68.8 Å². The molecular weight excluding hydrogens is 1080 g/mol. The smallest absolute Gasteiger partial charge is 0.871 e. The Bertz CT molecular complexity index is 3830. The molecule has 0 saturated heterocycles. The maximum Gasteiger partial charge on any atom is 2.00 e. The third-order valence-electron chi connectivity index (χ3n) is 10.8. The summed E-state index contributed by atoms with van der Waals surface area (Å²) in [6.45, 7) is 7.81. The Labute approximate surface area is 470 Å². The van der Waals surface area contributed by atoms with Crippen molar-refractivity contribution in [3.63, 3.8) is 0 Å². The van der Waals surface area contributed by atoms with Gasteiger partial charge in [0.15, 0.2) is 5.75 Å². The molecule has 0 fully saturated rings. The van der Waals surface area contributed by atoms with Crippen LogP contribution in [0.2, 0.25) is 10.0 Å². The first-order valence-corrected chi connectivity index (χ1v) is 25.7. The van der Waals surface area contributed by atoms with Crippen LogP contribution in [-0.2, 0) is 20.2 Å². The van der Waals surface area contributed by atoms with Crippen molar-refractivity contribution in [1.29, 1.82) is 0 Å². The minimum absolute atomic E-state index is 0. The summed E-state index contributed by atoms with van der Waals surface area (Å²) in [5.74, 6) is -1.54. The molecule has 0 aliphatic rings. The number of hydrogen-bond acceptors (Lipinski definition) is 15. The first kappa shape index (κ1) is 57.6. The van der Waals surface area contributed by atoms with Gasteiger partial charge in [0.25, 0.3) is 26.1 Å². The fourth-order valence-electron chi connectivity index (χ4n) is 7.27. The fourth-order valence-corrected chi connectivity index (χ4v) is 9.04. The summed E-state index contributed by atoms with van der Waals surface area (Å²) in [5, 5.41) is 58.0. The van der Waals surface area contributed by atoms with Crippen molar-refractivity contribution >= 4 is 149 Å². The molecule has 0 heterocycles. The van der Waals surface area contributed by atoms with E-state index in [4.69, 9.17) is 32.7 Å². The van der Waals surface area contributed by atoms with E-state index < -0.39 is 53.3 Å². The van der Waals surface area contributed by atoms with Gasteiger partial charge in [-0.3, -0.25) is 18.9 Å². The van der Waals surface area contributed by atoms with Crippen LogP contribution in [0, 0.1) is 13.8 Å². The van der Waals surface area contributed by atoms with Crippen molar-refractivity contribution in [2.75, 3.05) is 18.5 Å². The Morgan fingerprint density at radius 2 is 1.08 bits per heavy atom. The zero-order valence-electron chi connectivity index (χ0n) is 40.1. The van der Waals surface area contributed by atoms with Crippen LogP contribution >= 0.6 is 23.2 Å². The summed E-state index contributed by atoms with van der Waals surface area (Å²) < 4.78 is 77.6. The Kier molecular flexibility index (Phi) is 19.0. The van der Waals surface area contributed by atoms with Crippen LogP contribution in [0.25, 0.3) is 21.5 Å². The summed E-state index contributed by atoms with van der Waals surface area (Å²) in [6.07, 6.45) is 0. The topological polar surface area (TPSA) is 284 Å². The molecule has 0 aliphatic carbocycles. The van der Waals surface area contributed by atoms with Crippen LogP contribution in [0.4, 0.5) is 34.1 Å². The minimum atomic E-state index is -4.69. The summed E-state index contributed by atoms with van der Waals surface area (Å²) in [7, 11) is -9.36. The third-order valence-corrected chi connectivity index (χ3v) is 13.5. The van der Waals surface area contributed by atoms with Gasteiger partial charge in [0.05, 0.1) is 40.2 Å². The van der Waals surface area contributed by atoms with Gasteiger partial charge < -0.3 is 30.1 Å². The van der Waals surface area contributed by atoms with E-state index in [0.717, 1.165) is 12.1 Å². The molecule has 18 nitrogen and oxygen atoms in total. The Morgan fingerprint density at radius 3 is 1.61 bits per heavy atom. The largest absolute Gasteiger partial charge is 2.00 e. The molecule has 0 aliphatic heterocycles. The van der Waals surface area contributed by atoms with Crippen molar-refractivity contribution in [3.8, 4) is 23.0 Å². The second-order valence-corrected chi connectivity index (χ2v) is 19.4. The molecule has 8 aromatic rings. The monoisotopic (exact) mass is 1120 g/mol. The minimum Gasteiger partial charge on any atom is -0.871 e. The van der Waals surface area contributed by atoms with E-state index in [9.17, 15) is 46.1 Å². The molecule has 4 N–H and O–H groups in total. The maximum atomic E-state index is 13.4. The SMILES string of the molecule is CCOc1cccc(N=C([O-])c2cc3ccccc3c(N=Nc3c(S(=O)(=O)O)ccc(C)c3Cl)c2[O-])c1.CCOc1cccc(NC(=O)c2cc3ccccc3c(N=Nc3c(S(=O)(=O)O)ccc(C)c3Cl)c2O)c1.[Ca+2]. The summed E-state index contributed by atoms with van der Waals surface area (Å²) in [4.78, 5) is 16.1. The molecule has 23 heteroatoms. The molecule has 75 heavy (non-hydrogen) atoms. The molecule has 8 rings (SSSR count). The summed E-state index contributed by atoms with van der Waals surface area (Å²) >= 11 is 12.5. The number of nitrogens with one attached hydrogen (secondary N) is 1. The van der Waals surface area contributed by atoms with Crippen LogP contribution < -0.4 is 25.0 Å². The van der Waals surface area contributed by atoms with Crippen LogP contribution in [-0.4, -0.2) is 93.8 Å². The first-order valence-electron chi connectivity index (χ1n) is 22.1. The van der Waals surface area contributed by atoms with Gasteiger partial charge in [0.2, 0.25) is 0 Å². The van der Waals surface area contributed by atoms with E-state index in [2.05, 4.69) is 30.8 Å². The third kappa shape index (κ3) is 13.6. The van der Waals surface area contributed by atoms with Crippen LogP contribution in [0.1, 0.15) is 40.9 Å². The molecular formula is C52H42CaCl2N6O12S2. The maximum absolute atomic E-state index is 13.4. The van der Waals surface area contributed by atoms with Crippen molar-refractivity contribution in [1.82, 2.24) is 0 Å². The van der Waals surface area contributed by atoms with Crippen molar-refractivity contribution < 1.29 is 55.5 Å². The first-order chi connectivity index (χ1) is 35.2. The number of fused-ring (bicyclic) bond motifs is 2. The Balaban J connectivity index is 0.000000241. The number of phenolic OH excluding ortho intramolecular Hbond substituents is 1. The predicted octanol–water partition coefficient (Wildman–Crippen LogP) is 11.8. The molecule has 0 saturated carbocycles. The molecule has 380 valence electrons. The molecule has 8 aromatic carbocycles. The number of aliphatic imine (C=N–C) groups is 1. The quantitative estimate of drug-likeness (QED) is 0.0260. The second-order valence-electron chi connectivity index (χ2n) is 15.9. The number of rotatable bonds is 14. The zero-order valence-corrected chi connectivity index (χ0v) is 45.5. The Hall–Kier alpha value is -6.72. The number of carbonyl (C=O) groups excluding carboxylic acids is 1. The molecule has 0 aromatic heterocycles. The number of amides is 1. The number of phenols is 1. The average molecular weight is 1120 g/mol. The van der Waals surface area contributed by atoms with E-state index >= 15 is 0 Å². The van der Waals surface area contributed by atoms with E-state index in [1.807, 2.05) is 13.8 Å². The van der Waals surface area contributed by atoms with E-state index in [-0.39, 0.29) is 81.7 Å². The number of nitrogens with zero attached hydrogens (tertiary/aromatic N) is 5. The van der Waals surface area contributed by atoms with Gasteiger partial charge in [-0.05, 0) is 110 Å². The second kappa shape index (κ2) is 24.7. The van der Waals surface area contributed by atoms with Gasteiger partial charge in [0, 0.05) is 28.6 Å². The van der Waals surface area contributed by atoms with Crippen molar-refractivity contribution in [3.05, 3.63) is 166 Å². The van der Waals surface area contributed by atoms with E-state index in [1.165, 1.54) is 24.3 Å². The molecule has 0 radical (unpaired) electrons. The van der Waals surface area contributed by atoms with Crippen LogP contribution in [0.3, 0.4) is 0 Å². The number of benzene rings is 8. The molecule has 0 atom stereocenters. The van der Waals surface area contributed by atoms with Crippen molar-refractivity contribution in [2.45, 2.75) is 37.5 Å². The number of azo groups is 2. The standard InChI is InChI=1S/2C26H22ClN3O6S.Ca/c2*1-3-36-18-9-6-8-17(14-18)28-26(32)20-13-16-7-4-5-10-19(16)23(25(20)31)29-30-24-21(37(33,34)35)12-11-15(2)22(24)27;/h2*4-14,31H,3H2,1-2H3,(H,28,32)(H,33,34,35);/q;;+2/p-2. The number of anilines is 1. The van der Waals surface area contributed by atoms with E-state index in [1.54, 1.807) is 111 Å². The van der Waals surface area contributed by atoms with Gasteiger partial charge >= 0.3 is 37.7 Å². The summed E-state index contributed by atoms with van der Waals surface area (Å²) in [5.41, 5.74) is 0.485. The number of aromatic hydroxyl groups is 1. The van der Waals surface area contributed by atoms with Gasteiger partial charge in [-0.25, -0.2) is 0 Å². The number of carbonyl (C=O) groups is 1. The van der Waals surface area contributed by atoms with Crippen molar-refractivity contribution in [2.24, 2.45) is 25.4 Å². The number of hydrogen-bond donors (Lipinski definition) is 4. The normalized spacial score (nSPS) is 11.9. The zero-order chi connectivity index (χ0) is 53.5. The average Bonchev–Trinajstić information content (AvgIpc) is 3.35. The number of halogens is 2. The predicted molar refractivity (Wildman–Crippen MR) is 284 cm³/mol. The Morgan fingerprint density at radius 1 is 0.613 bits per heavy atom. The van der Waals surface area contributed by atoms with Gasteiger partial charge in [0.1, 0.15) is 38.4 Å². The fraction of sp³-hybridized carbons (Fsp3) is 0.115.